The van der Waals surface area contributed by atoms with Crippen LogP contribution in [0.15, 0.2) is 42.6 Å². The quantitative estimate of drug-likeness (QED) is 0.760. The molecule has 0 saturated heterocycles. The van der Waals surface area contributed by atoms with Crippen LogP contribution in [0, 0.1) is 6.92 Å². The van der Waals surface area contributed by atoms with Crippen LogP contribution in [0.4, 0.5) is 5.69 Å². The highest BCUT2D eigenvalue weighted by Gasteiger charge is 2.04. The number of nitrogens with zero attached hydrogens (tertiary/aromatic N) is 1. The molecule has 0 amide bonds. The van der Waals surface area contributed by atoms with Crippen molar-refractivity contribution >= 4 is 16.6 Å². The molecule has 4 heteroatoms. The zero-order valence-corrected chi connectivity index (χ0v) is 11.6. The molecule has 20 heavy (non-hydrogen) atoms. The Hall–Kier alpha value is -2.49. The second-order valence-corrected chi connectivity index (χ2v) is 4.84. The zero-order valence-electron chi connectivity index (χ0n) is 11.6. The van der Waals surface area contributed by atoms with Crippen LogP contribution >= 0.6 is 0 Å². The fraction of sp³-hybridized carbons (Fsp3) is 0.188. The molecule has 0 unspecified atom stereocenters. The van der Waals surface area contributed by atoms with E-state index in [1.165, 1.54) is 5.56 Å². The second kappa shape index (κ2) is 5.25. The van der Waals surface area contributed by atoms with E-state index in [0.29, 0.717) is 0 Å². The molecule has 0 radical (unpaired) electrons. The van der Waals surface area contributed by atoms with Gasteiger partial charge in [-0.05, 0) is 31.2 Å². The molecule has 0 bridgehead atoms. The smallest absolute Gasteiger partial charge is 0.123 e. The SMILES string of the molecule is COc1ccc(C)cc1CNc1ccc2[nH]ncc2c1. The standard InChI is InChI=1S/C16H17N3O/c1-11-3-6-16(20-2)13(7-11)9-17-14-4-5-15-12(8-14)10-18-19-15/h3-8,10,17H,9H2,1-2H3,(H,18,19). The lowest BCUT2D eigenvalue weighted by Crippen LogP contribution is -2.02. The van der Waals surface area contributed by atoms with E-state index in [1.807, 2.05) is 24.4 Å². The first kappa shape index (κ1) is 12.5. The molecule has 0 atom stereocenters. The highest BCUT2D eigenvalue weighted by Crippen LogP contribution is 2.22. The molecule has 0 aliphatic carbocycles. The van der Waals surface area contributed by atoms with Crippen molar-refractivity contribution in [3.63, 3.8) is 0 Å². The number of nitrogens with one attached hydrogen (secondary N) is 2. The van der Waals surface area contributed by atoms with Gasteiger partial charge in [-0.3, -0.25) is 5.10 Å². The molecule has 1 aromatic heterocycles. The number of fused-ring (bicyclic) bond motifs is 1. The lowest BCUT2D eigenvalue weighted by atomic mass is 10.1. The maximum absolute atomic E-state index is 5.39. The Labute approximate surface area is 117 Å². The van der Waals surface area contributed by atoms with Crippen LogP contribution in [0.3, 0.4) is 0 Å². The van der Waals surface area contributed by atoms with Crippen molar-refractivity contribution in [3.05, 3.63) is 53.7 Å². The van der Waals surface area contributed by atoms with Crippen LogP contribution in [0.25, 0.3) is 10.9 Å². The fourth-order valence-corrected chi connectivity index (χ4v) is 2.30. The van der Waals surface area contributed by atoms with Crippen LogP contribution in [0.5, 0.6) is 5.75 Å². The van der Waals surface area contributed by atoms with E-state index in [9.17, 15) is 0 Å². The van der Waals surface area contributed by atoms with Crippen molar-refractivity contribution in [1.29, 1.82) is 0 Å². The summed E-state index contributed by atoms with van der Waals surface area (Å²) in [6.45, 7) is 2.81. The third-order valence-corrected chi connectivity index (χ3v) is 3.36. The molecule has 4 nitrogen and oxygen atoms in total. The largest absolute Gasteiger partial charge is 0.496 e. The minimum absolute atomic E-state index is 0.730. The van der Waals surface area contributed by atoms with Gasteiger partial charge < -0.3 is 10.1 Å². The summed E-state index contributed by atoms with van der Waals surface area (Å²) in [5.74, 6) is 0.910. The summed E-state index contributed by atoms with van der Waals surface area (Å²) in [6, 6.07) is 12.4. The number of rotatable bonds is 4. The van der Waals surface area contributed by atoms with Crippen molar-refractivity contribution in [1.82, 2.24) is 10.2 Å². The third kappa shape index (κ3) is 2.45. The first-order valence-corrected chi connectivity index (χ1v) is 6.57. The van der Waals surface area contributed by atoms with Crippen molar-refractivity contribution in [2.24, 2.45) is 0 Å². The van der Waals surface area contributed by atoms with Gasteiger partial charge in [0, 0.05) is 23.2 Å². The van der Waals surface area contributed by atoms with E-state index in [-0.39, 0.29) is 0 Å². The van der Waals surface area contributed by atoms with E-state index in [4.69, 9.17) is 4.74 Å². The first-order valence-electron chi connectivity index (χ1n) is 6.57. The maximum Gasteiger partial charge on any atom is 0.123 e. The van der Waals surface area contributed by atoms with E-state index < -0.39 is 0 Å². The molecule has 2 aromatic carbocycles. The summed E-state index contributed by atoms with van der Waals surface area (Å²) < 4.78 is 5.39. The van der Waals surface area contributed by atoms with Gasteiger partial charge >= 0.3 is 0 Å². The van der Waals surface area contributed by atoms with Crippen LogP contribution < -0.4 is 10.1 Å². The third-order valence-electron chi connectivity index (χ3n) is 3.36. The van der Waals surface area contributed by atoms with Gasteiger partial charge in [0.15, 0.2) is 0 Å². The van der Waals surface area contributed by atoms with Crippen LogP contribution in [-0.2, 0) is 6.54 Å². The lowest BCUT2D eigenvalue weighted by Gasteiger charge is -2.11. The number of hydrogen-bond acceptors (Lipinski definition) is 3. The molecule has 0 spiro atoms. The predicted molar refractivity (Wildman–Crippen MR) is 81.2 cm³/mol. The van der Waals surface area contributed by atoms with Crippen LogP contribution in [-0.4, -0.2) is 17.3 Å². The Balaban J connectivity index is 1.80. The van der Waals surface area contributed by atoms with Gasteiger partial charge in [0.25, 0.3) is 0 Å². The summed E-state index contributed by atoms with van der Waals surface area (Å²) in [7, 11) is 1.70. The van der Waals surface area contributed by atoms with Gasteiger partial charge in [-0.1, -0.05) is 17.7 Å². The molecule has 102 valence electrons. The molecule has 0 aliphatic heterocycles. The van der Waals surface area contributed by atoms with E-state index in [2.05, 4.69) is 40.6 Å². The van der Waals surface area contributed by atoms with Gasteiger partial charge in [-0.25, -0.2) is 0 Å². The molecule has 0 saturated carbocycles. The average molecular weight is 267 g/mol. The first-order chi connectivity index (χ1) is 9.76. The Morgan fingerprint density at radius 1 is 1.20 bits per heavy atom. The van der Waals surface area contributed by atoms with Crippen LogP contribution in [0.1, 0.15) is 11.1 Å². The molecule has 3 aromatic rings. The lowest BCUT2D eigenvalue weighted by molar-refractivity contribution is 0.410. The normalized spacial score (nSPS) is 10.7. The Morgan fingerprint density at radius 2 is 2.10 bits per heavy atom. The summed E-state index contributed by atoms with van der Waals surface area (Å²) in [5, 5.41) is 11.5. The summed E-state index contributed by atoms with van der Waals surface area (Å²) >= 11 is 0. The molecule has 1 heterocycles. The highest BCUT2D eigenvalue weighted by molar-refractivity contribution is 5.81. The number of aromatic amines is 1. The van der Waals surface area contributed by atoms with E-state index in [0.717, 1.165) is 34.4 Å². The summed E-state index contributed by atoms with van der Waals surface area (Å²) in [6.07, 6.45) is 1.83. The Kier molecular flexibility index (Phi) is 3.29. The van der Waals surface area contributed by atoms with Crippen molar-refractivity contribution in [2.75, 3.05) is 12.4 Å². The van der Waals surface area contributed by atoms with Gasteiger partial charge in [0.1, 0.15) is 5.75 Å². The maximum atomic E-state index is 5.39. The number of H-pyrrole nitrogens is 1. The van der Waals surface area contributed by atoms with Crippen LogP contribution in [0.2, 0.25) is 0 Å². The topological polar surface area (TPSA) is 49.9 Å². The highest BCUT2D eigenvalue weighted by atomic mass is 16.5. The molecular formula is C16H17N3O. The number of benzene rings is 2. The Bertz CT molecular complexity index is 733. The van der Waals surface area contributed by atoms with E-state index >= 15 is 0 Å². The minimum atomic E-state index is 0.730. The van der Waals surface area contributed by atoms with Gasteiger partial charge in [0.2, 0.25) is 0 Å². The minimum Gasteiger partial charge on any atom is -0.496 e. The molecule has 3 rings (SSSR count). The Morgan fingerprint density at radius 3 is 2.95 bits per heavy atom. The van der Waals surface area contributed by atoms with Crippen molar-refractivity contribution in [2.45, 2.75) is 13.5 Å². The monoisotopic (exact) mass is 267 g/mol. The number of aryl methyl sites for hydroxylation is 1. The van der Waals surface area contributed by atoms with Gasteiger partial charge in [0.05, 0.1) is 18.8 Å². The zero-order chi connectivity index (χ0) is 13.9. The number of methoxy groups -OCH3 is 1. The number of hydrogen-bond donors (Lipinski definition) is 2. The average Bonchev–Trinajstić information content (AvgIpc) is 2.92. The molecule has 0 fully saturated rings. The summed E-state index contributed by atoms with van der Waals surface area (Å²) in [4.78, 5) is 0. The molecule has 0 aliphatic rings. The molecule has 2 N–H and O–H groups in total. The van der Waals surface area contributed by atoms with Gasteiger partial charge in [-0.15, -0.1) is 0 Å². The second-order valence-electron chi connectivity index (χ2n) is 4.84. The van der Waals surface area contributed by atoms with Crippen molar-refractivity contribution < 1.29 is 4.74 Å². The number of ether oxygens (including phenoxy) is 1. The number of aromatic nitrogens is 2. The van der Waals surface area contributed by atoms with Gasteiger partial charge in [-0.2, -0.15) is 5.10 Å². The van der Waals surface area contributed by atoms with Crippen molar-refractivity contribution in [3.8, 4) is 5.75 Å². The number of anilines is 1. The predicted octanol–water partition coefficient (Wildman–Crippen LogP) is 3.49. The van der Waals surface area contributed by atoms with E-state index in [1.54, 1.807) is 7.11 Å². The fourth-order valence-electron chi connectivity index (χ4n) is 2.30. The summed E-state index contributed by atoms with van der Waals surface area (Å²) in [5.41, 5.74) is 4.50. The molecular weight excluding hydrogens is 250 g/mol.